The summed E-state index contributed by atoms with van der Waals surface area (Å²) in [6, 6.07) is 96.1. The molecule has 1 unspecified atom stereocenters. The number of nitrogens with zero attached hydrogens (tertiary/aromatic N) is 1. The van der Waals surface area contributed by atoms with Crippen molar-refractivity contribution in [2.45, 2.75) is 18.3 Å². The van der Waals surface area contributed by atoms with Crippen LogP contribution in [0, 0.1) is 0 Å². The maximum absolute atomic E-state index is 6.94. The first-order chi connectivity index (χ1) is 35.2. The highest BCUT2D eigenvalue weighted by atomic mass is 16.3. The molecule has 0 N–H and O–H groups in total. The van der Waals surface area contributed by atoms with Crippen molar-refractivity contribution >= 4 is 39.0 Å². The maximum atomic E-state index is 6.94. The lowest BCUT2D eigenvalue weighted by Gasteiger charge is -2.36. The van der Waals surface area contributed by atoms with Crippen LogP contribution in [0.3, 0.4) is 0 Å². The molecule has 334 valence electrons. The highest BCUT2D eigenvalue weighted by Crippen LogP contribution is 2.66. The van der Waals surface area contributed by atoms with Gasteiger partial charge in [-0.1, -0.05) is 224 Å². The van der Waals surface area contributed by atoms with Crippen LogP contribution < -0.4 is 4.90 Å². The second-order valence-electron chi connectivity index (χ2n) is 19.1. The molecule has 2 aliphatic carbocycles. The number of rotatable bonds is 9. The van der Waals surface area contributed by atoms with Crippen molar-refractivity contribution in [3.63, 3.8) is 0 Å². The van der Waals surface area contributed by atoms with Crippen molar-refractivity contribution in [1.29, 1.82) is 0 Å². The van der Waals surface area contributed by atoms with Crippen molar-refractivity contribution in [3.8, 4) is 44.5 Å². The summed E-state index contributed by atoms with van der Waals surface area (Å²) >= 11 is 0. The first kappa shape index (κ1) is 41.0. The van der Waals surface area contributed by atoms with Gasteiger partial charge >= 0.3 is 0 Å². The number of hydrogen-bond acceptors (Lipinski definition) is 2. The molecule has 1 heterocycles. The molecule has 0 fully saturated rings. The van der Waals surface area contributed by atoms with Gasteiger partial charge in [0.25, 0.3) is 0 Å². The zero-order valence-electron chi connectivity index (χ0n) is 39.1. The van der Waals surface area contributed by atoms with Crippen LogP contribution in [-0.2, 0) is 18.3 Å². The van der Waals surface area contributed by atoms with Crippen molar-refractivity contribution in [3.05, 3.63) is 305 Å². The molecule has 2 heteroatoms. The number of anilines is 3. The normalized spacial score (nSPS) is 14.1. The van der Waals surface area contributed by atoms with E-state index in [0.717, 1.165) is 51.8 Å². The molecule has 0 radical (unpaired) electrons. The van der Waals surface area contributed by atoms with E-state index < -0.39 is 5.41 Å². The van der Waals surface area contributed by atoms with Gasteiger partial charge < -0.3 is 9.32 Å². The van der Waals surface area contributed by atoms with Crippen LogP contribution in [0.5, 0.6) is 0 Å². The average molecular weight is 906 g/mol. The first-order valence-electron chi connectivity index (χ1n) is 24.7. The minimum Gasteiger partial charge on any atom is -0.455 e. The molecule has 1 atom stereocenters. The van der Waals surface area contributed by atoms with Crippen molar-refractivity contribution in [2.75, 3.05) is 4.90 Å². The minimum atomic E-state index is -0.646. The number of hydrogen-bond donors (Lipinski definition) is 0. The fraction of sp³-hybridized carbons (Fsp3) is 0.0435. The second kappa shape index (κ2) is 16.6. The van der Waals surface area contributed by atoms with Crippen LogP contribution in [0.1, 0.15) is 44.5 Å². The minimum absolute atomic E-state index is 0.646. The summed E-state index contributed by atoms with van der Waals surface area (Å²) in [4.78, 5) is 2.54. The third kappa shape index (κ3) is 6.49. The van der Waals surface area contributed by atoms with E-state index >= 15 is 0 Å². The first-order valence-corrected chi connectivity index (χ1v) is 24.7. The van der Waals surface area contributed by atoms with Crippen molar-refractivity contribution in [1.82, 2.24) is 0 Å². The summed E-state index contributed by atoms with van der Waals surface area (Å²) in [5.41, 5.74) is 24.6. The molecule has 71 heavy (non-hydrogen) atoms. The zero-order valence-corrected chi connectivity index (χ0v) is 39.1. The Kier molecular flexibility index (Phi) is 9.60. The molecular formula is C69H47NO. The molecule has 1 aromatic heterocycles. The lowest BCUT2D eigenvalue weighted by molar-refractivity contribution is 0.669. The second-order valence-corrected chi connectivity index (χ2v) is 19.1. The quantitative estimate of drug-likeness (QED) is 0.143. The van der Waals surface area contributed by atoms with Crippen molar-refractivity contribution < 1.29 is 4.42 Å². The predicted octanol–water partition coefficient (Wildman–Crippen LogP) is 17.9. The summed E-state index contributed by atoms with van der Waals surface area (Å²) in [7, 11) is 0. The Morgan fingerprint density at radius 1 is 0.352 bits per heavy atom. The van der Waals surface area contributed by atoms with Crippen LogP contribution >= 0.6 is 0 Å². The van der Waals surface area contributed by atoms with E-state index in [4.69, 9.17) is 4.42 Å². The average Bonchev–Trinajstić information content (AvgIpc) is 4.08. The van der Waals surface area contributed by atoms with E-state index in [-0.39, 0.29) is 0 Å². The van der Waals surface area contributed by atoms with Gasteiger partial charge in [0.05, 0.1) is 11.1 Å². The van der Waals surface area contributed by atoms with E-state index in [9.17, 15) is 0 Å². The highest BCUT2D eigenvalue weighted by molar-refractivity contribution is 6.13. The van der Waals surface area contributed by atoms with E-state index in [2.05, 4.69) is 266 Å². The Morgan fingerprint density at radius 2 is 0.915 bits per heavy atom. The Morgan fingerprint density at radius 3 is 1.68 bits per heavy atom. The fourth-order valence-electron chi connectivity index (χ4n) is 12.2. The Bertz CT molecular complexity index is 3980. The number of furan rings is 1. The monoisotopic (exact) mass is 905 g/mol. The summed E-state index contributed by atoms with van der Waals surface area (Å²) in [6.45, 7) is 0. The molecule has 11 aromatic carbocycles. The lowest BCUT2D eigenvalue weighted by Crippen LogP contribution is -2.28. The van der Waals surface area contributed by atoms with Gasteiger partial charge in [0.2, 0.25) is 0 Å². The summed E-state index contributed by atoms with van der Waals surface area (Å²) in [5.74, 6) is 0. The molecule has 0 aliphatic heterocycles. The maximum Gasteiger partial charge on any atom is 0.143 e. The largest absolute Gasteiger partial charge is 0.455 e. The third-order valence-corrected chi connectivity index (χ3v) is 15.2. The van der Waals surface area contributed by atoms with Gasteiger partial charge in [-0.25, -0.2) is 0 Å². The van der Waals surface area contributed by atoms with E-state index in [1.165, 1.54) is 89.0 Å². The third-order valence-electron chi connectivity index (χ3n) is 15.2. The zero-order chi connectivity index (χ0) is 46.9. The summed E-state index contributed by atoms with van der Waals surface area (Å²) in [5, 5.41) is 2.28. The Labute approximate surface area is 414 Å². The van der Waals surface area contributed by atoms with Gasteiger partial charge in [-0.05, 0) is 127 Å². The predicted molar refractivity (Wildman–Crippen MR) is 294 cm³/mol. The smallest absolute Gasteiger partial charge is 0.143 e. The highest BCUT2D eigenvalue weighted by Gasteiger charge is 2.54. The van der Waals surface area contributed by atoms with Gasteiger partial charge in [0.1, 0.15) is 11.2 Å². The summed E-state index contributed by atoms with van der Waals surface area (Å²) < 4.78 is 6.94. The van der Waals surface area contributed by atoms with Gasteiger partial charge in [-0.15, -0.1) is 0 Å². The molecular weight excluding hydrogens is 859 g/mol. The molecule has 14 rings (SSSR count). The number of para-hydroxylation sites is 1. The number of fused-ring (bicyclic) bond motifs is 14. The van der Waals surface area contributed by atoms with Gasteiger partial charge in [-0.2, -0.15) is 0 Å². The lowest BCUT2D eigenvalue weighted by atomic mass is 9.70. The standard InChI is InChI=1S/C69H47NO/c1-4-19-46(20-5-1)43-50-25-10-11-26-54(50)55-40-39-53(45-51(55)44-47-21-6-2-7-22-47)70(52-37-35-49(36-38-52)48-23-8-3-9-24-48)64-33-18-30-58-56-27-12-15-31-61(56)69(67(58)64)62-32-16-13-29-60(62)66-63(69)42-41-59-57-28-14-17-34-65(57)71-68(59)66/h1-42,45H,43-44H2. The fourth-order valence-corrected chi connectivity index (χ4v) is 12.2. The van der Waals surface area contributed by atoms with Crippen LogP contribution in [0.4, 0.5) is 17.1 Å². The molecule has 0 saturated carbocycles. The molecule has 1 spiro atoms. The van der Waals surface area contributed by atoms with Crippen LogP contribution in [0.25, 0.3) is 66.4 Å². The molecule has 0 amide bonds. The van der Waals surface area contributed by atoms with E-state index in [1.54, 1.807) is 0 Å². The molecule has 2 nitrogen and oxygen atoms in total. The molecule has 12 aromatic rings. The Hall–Kier alpha value is -8.98. The van der Waals surface area contributed by atoms with Gasteiger partial charge in [0, 0.05) is 33.3 Å². The van der Waals surface area contributed by atoms with Crippen LogP contribution in [0.2, 0.25) is 0 Å². The number of benzene rings is 11. The van der Waals surface area contributed by atoms with Crippen LogP contribution in [0.15, 0.2) is 265 Å². The molecule has 0 bridgehead atoms. The Balaban J connectivity index is 1.04. The van der Waals surface area contributed by atoms with Gasteiger partial charge in [-0.3, -0.25) is 0 Å². The summed E-state index contributed by atoms with van der Waals surface area (Å²) in [6.07, 6.45) is 1.63. The molecule has 0 saturated heterocycles. The van der Waals surface area contributed by atoms with Gasteiger partial charge in [0.15, 0.2) is 0 Å². The topological polar surface area (TPSA) is 16.4 Å². The van der Waals surface area contributed by atoms with Crippen molar-refractivity contribution in [2.24, 2.45) is 0 Å². The SMILES string of the molecule is c1ccc(Cc2ccccc2-c2ccc(N(c3ccc(-c4ccccc4)cc3)c3cccc4c3C3(c5ccccc5-4)c4ccccc4-c4c3ccc3c4oc4ccccc43)cc2Cc2ccccc2)cc1. The molecule has 2 aliphatic rings. The van der Waals surface area contributed by atoms with E-state index in [0.29, 0.717) is 0 Å². The van der Waals surface area contributed by atoms with E-state index in [1.807, 2.05) is 0 Å². The van der Waals surface area contributed by atoms with Crippen LogP contribution in [-0.4, -0.2) is 0 Å².